The molecule has 0 aliphatic rings. The second kappa shape index (κ2) is 26.8. The maximum absolute atomic E-state index is 13.9. The van der Waals surface area contributed by atoms with E-state index in [1.807, 2.05) is 24.3 Å². The molecule has 9 rings (SSSR count). The van der Waals surface area contributed by atoms with Crippen LogP contribution in [0.5, 0.6) is 17.2 Å². The molecule has 9 aromatic rings. The Kier molecular flexibility index (Phi) is 20.6. The van der Waals surface area contributed by atoms with E-state index in [9.17, 15) is 48.1 Å². The molecule has 0 saturated carbocycles. The second-order valence-corrected chi connectivity index (χ2v) is 18.0. The molecule has 0 aliphatic carbocycles. The van der Waals surface area contributed by atoms with Gasteiger partial charge < -0.3 is 37.0 Å². The van der Waals surface area contributed by atoms with Crippen molar-refractivity contribution in [2.45, 2.75) is 4.90 Å². The first-order valence-corrected chi connectivity index (χ1v) is 23.9. The van der Waals surface area contributed by atoms with Crippen LogP contribution in [0.15, 0.2) is 226 Å². The Labute approximate surface area is 520 Å². The fraction of sp³-hybridized carbons (Fsp3) is 0. The van der Waals surface area contributed by atoms with Gasteiger partial charge >= 0.3 is 101 Å². The van der Waals surface area contributed by atoms with Crippen LogP contribution < -0.4 is 115 Å². The van der Waals surface area contributed by atoms with Crippen molar-refractivity contribution in [1.29, 1.82) is 0 Å². The summed E-state index contributed by atoms with van der Waals surface area (Å²) in [4.78, 5) is 21.8. The van der Waals surface area contributed by atoms with Crippen molar-refractivity contribution in [3.05, 3.63) is 181 Å². The largest absolute Gasteiger partial charge is 1.00 e. The van der Waals surface area contributed by atoms with Crippen LogP contribution in [0.25, 0.3) is 33.0 Å². The van der Waals surface area contributed by atoms with Crippen molar-refractivity contribution in [2.24, 2.45) is 51.1 Å². The summed E-state index contributed by atoms with van der Waals surface area (Å²) < 4.78 is 35.2. The molecule has 26 heteroatoms. The molecule has 0 bridgehead atoms. The van der Waals surface area contributed by atoms with Crippen LogP contribution in [-0.2, 0) is 10.1 Å². The molecular weight excluding hydrogens is 1080 g/mol. The average Bonchev–Trinajstić information content (AvgIpc) is 3.45. The maximum Gasteiger partial charge on any atom is 1.00 e. The number of carbonyl (C=O) groups is 2. The van der Waals surface area contributed by atoms with Gasteiger partial charge in [0.2, 0.25) is 0 Å². The third-order valence-corrected chi connectivity index (χ3v) is 12.2. The number of azo groups is 5. The van der Waals surface area contributed by atoms with Crippen molar-refractivity contribution >= 4 is 101 Å². The summed E-state index contributed by atoms with van der Waals surface area (Å²) in [5.41, 5.74) is 17.3. The molecule has 0 atom stereocenters. The molecule has 0 saturated heterocycles. The van der Waals surface area contributed by atoms with Gasteiger partial charge in [0.1, 0.15) is 16.3 Å². The van der Waals surface area contributed by atoms with Crippen molar-refractivity contribution < 1.29 is 137 Å². The number of fused-ring (bicyclic) bond motifs is 1. The van der Waals surface area contributed by atoms with E-state index in [0.29, 0.717) is 17.1 Å². The molecule has 9 aromatic carbocycles. The molecule has 0 radical (unpaired) electrons. The van der Waals surface area contributed by atoms with Crippen LogP contribution in [-0.4, -0.2) is 35.1 Å². The second-order valence-electron chi connectivity index (χ2n) is 16.6. The molecule has 0 aromatic heterocycles. The van der Waals surface area contributed by atoms with E-state index in [4.69, 9.17) is 11.5 Å². The number of hydrogen-bond acceptors (Lipinski definition) is 19. The molecule has 22 nitrogen and oxygen atoms in total. The van der Waals surface area contributed by atoms with E-state index in [1.165, 1.54) is 42.5 Å². The van der Waals surface area contributed by atoms with Crippen LogP contribution in [0, 0.1) is 0 Å². The minimum absolute atomic E-state index is 0. The van der Waals surface area contributed by atoms with Crippen molar-refractivity contribution in [3.63, 3.8) is 0 Å². The molecule has 80 heavy (non-hydrogen) atoms. The van der Waals surface area contributed by atoms with E-state index >= 15 is 0 Å². The molecule has 0 unspecified atom stereocenters. The minimum atomic E-state index is -4.95. The number of nitrogens with two attached hydrogens (primary N) is 2. The summed E-state index contributed by atoms with van der Waals surface area (Å²) in [5, 5.41) is 97.4. The summed E-state index contributed by atoms with van der Waals surface area (Å²) >= 11 is 0. The zero-order valence-corrected chi connectivity index (χ0v) is 49.2. The van der Waals surface area contributed by atoms with Gasteiger partial charge in [0.25, 0.3) is 10.1 Å². The molecular formula is C54H35N12Na3O10S. The first-order chi connectivity index (χ1) is 36.9. The number of nitrogens with zero attached hydrogens (tertiary/aromatic N) is 10. The number of carboxylic acids is 2. The maximum atomic E-state index is 13.9. The first-order valence-electron chi connectivity index (χ1n) is 22.5. The Morgan fingerprint density at radius 3 is 1.11 bits per heavy atom. The molecule has 7 N–H and O–H groups in total. The Balaban J connectivity index is 0.00000344. The van der Waals surface area contributed by atoms with Gasteiger partial charge in [0.15, 0.2) is 0 Å². The third kappa shape index (κ3) is 14.9. The third-order valence-electron chi connectivity index (χ3n) is 11.4. The van der Waals surface area contributed by atoms with E-state index in [2.05, 4.69) is 51.1 Å². The zero-order chi connectivity index (χ0) is 54.4. The number of anilines is 2. The Bertz CT molecular complexity index is 4080. The van der Waals surface area contributed by atoms with Gasteiger partial charge in [-0.05, 0) is 136 Å². The molecule has 0 spiro atoms. The van der Waals surface area contributed by atoms with Crippen molar-refractivity contribution in [2.75, 3.05) is 11.5 Å². The number of benzene rings is 9. The van der Waals surface area contributed by atoms with E-state index in [0.717, 1.165) is 52.6 Å². The topological polar surface area (TPSA) is 374 Å². The molecule has 0 amide bonds. The monoisotopic (exact) mass is 1110 g/mol. The summed E-state index contributed by atoms with van der Waals surface area (Å²) in [6, 6.07) is 43.3. The fourth-order valence-electron chi connectivity index (χ4n) is 7.39. The quantitative estimate of drug-likeness (QED) is 0.0415. The van der Waals surface area contributed by atoms with Crippen LogP contribution in [0.4, 0.5) is 68.2 Å². The predicted octanol–water partition coefficient (Wildman–Crippen LogP) is 4.29. The van der Waals surface area contributed by atoms with Crippen LogP contribution >= 0.6 is 0 Å². The van der Waals surface area contributed by atoms with Crippen LogP contribution in [0.1, 0.15) is 20.7 Å². The summed E-state index contributed by atoms with van der Waals surface area (Å²) in [6.45, 7) is 0. The normalized spacial score (nSPS) is 11.6. The summed E-state index contributed by atoms with van der Waals surface area (Å²) in [5.74, 6) is -4.84. The van der Waals surface area contributed by atoms with E-state index in [1.54, 1.807) is 72.8 Å². The van der Waals surface area contributed by atoms with Gasteiger partial charge in [0.05, 0.1) is 68.0 Å². The number of nitrogen functional groups attached to an aromatic ring is 2. The Morgan fingerprint density at radius 2 is 0.725 bits per heavy atom. The SMILES string of the molecule is Nc1cc(N)c(N=Nc2ccc3cc(S(=O)(=O)O)c(N=Nc4ccc(-c5ccc(N=Nc6ccc([O-])c(C(=O)O)c6)cc5)cc4)c([O-])c3c2)cc1N=Nc1ccc(-c2ccc(N=Nc3ccc([O-])c(C(=O)O)c3)cc2)cc1.[Na+].[Na+].[Na+]. The Morgan fingerprint density at radius 1 is 0.400 bits per heavy atom. The number of carboxylic acid groups (broad SMARTS) is 2. The number of aromatic carboxylic acids is 2. The fourth-order valence-corrected chi connectivity index (χ4v) is 8.05. The van der Waals surface area contributed by atoms with Gasteiger partial charge in [-0.3, -0.25) is 4.55 Å². The van der Waals surface area contributed by atoms with Gasteiger partial charge in [0, 0.05) is 0 Å². The average molecular weight is 1110 g/mol. The van der Waals surface area contributed by atoms with E-state index < -0.39 is 61.0 Å². The predicted molar refractivity (Wildman–Crippen MR) is 279 cm³/mol. The first kappa shape index (κ1) is 61.3. The van der Waals surface area contributed by atoms with Crippen LogP contribution in [0.3, 0.4) is 0 Å². The van der Waals surface area contributed by atoms with Gasteiger partial charge in [-0.25, -0.2) is 9.59 Å². The molecule has 380 valence electrons. The van der Waals surface area contributed by atoms with Crippen molar-refractivity contribution in [3.8, 4) is 39.5 Å². The standard InChI is InChI=1S/C54H38N12O10S.3Na/c55-44-27-45(56)47(28-46(44)64-59-36-14-5-31(6-15-36)29-1-10-34(11-2-29)57-61-39-19-21-48(67)42(25-39)53(70)71)65-63-38-18-9-33-23-50(77(74,75)76)51(52(69)41(33)24-38)66-60-37-16-7-32(8-17-37)30-3-12-35(13-4-30)58-62-40-20-22-49(68)43(26-40)54(72)73;;;/h1-28,67-69H,55-56H2,(H,70,71)(H,72,73)(H,74,75,76);;;/q;3*+1/p-3. The minimum Gasteiger partial charge on any atom is -0.872 e. The molecule has 0 heterocycles. The van der Waals surface area contributed by atoms with Gasteiger partial charge in [-0.15, -0.1) is 15.3 Å². The summed E-state index contributed by atoms with van der Waals surface area (Å²) in [7, 11) is -4.95. The molecule has 0 fully saturated rings. The van der Waals surface area contributed by atoms with Gasteiger partial charge in [-0.1, -0.05) is 84.0 Å². The zero-order valence-electron chi connectivity index (χ0n) is 42.4. The van der Waals surface area contributed by atoms with E-state index in [-0.39, 0.29) is 145 Å². The molecule has 0 aliphatic heterocycles. The summed E-state index contributed by atoms with van der Waals surface area (Å²) in [6.07, 6.45) is 0. The van der Waals surface area contributed by atoms with Crippen molar-refractivity contribution in [1.82, 2.24) is 0 Å². The smallest absolute Gasteiger partial charge is 0.872 e. The Hall–Kier alpha value is -7.91. The number of rotatable bonds is 15. The number of hydrogen-bond donors (Lipinski definition) is 5. The van der Waals surface area contributed by atoms with Gasteiger partial charge in [-0.2, -0.15) is 44.2 Å². The van der Waals surface area contributed by atoms with Crippen LogP contribution in [0.2, 0.25) is 0 Å².